The largest absolute Gasteiger partial charge is 0.493 e. The Labute approximate surface area is 157 Å². The molecule has 0 saturated heterocycles. The standard InChI is InChI=1S/C18H17ClO6S/c1-3-24-18(20)11-5-13-4-10-16(17(12-13)23-2)25-26(21,22)15-8-6-14(19)7-9-15/h4-12H,3H2,1-2H3/b11-5+. The molecule has 2 rings (SSSR count). The summed E-state index contributed by atoms with van der Waals surface area (Å²) in [5.74, 6) is -0.249. The van der Waals surface area contributed by atoms with E-state index in [1.54, 1.807) is 19.1 Å². The summed E-state index contributed by atoms with van der Waals surface area (Å²) in [6.45, 7) is 1.99. The molecule has 138 valence electrons. The van der Waals surface area contributed by atoms with Crippen molar-refractivity contribution < 1.29 is 26.9 Å². The Balaban J connectivity index is 2.24. The van der Waals surface area contributed by atoms with Gasteiger partial charge in [0.25, 0.3) is 0 Å². The Bertz CT molecular complexity index is 904. The van der Waals surface area contributed by atoms with Gasteiger partial charge < -0.3 is 13.7 Å². The number of rotatable bonds is 7. The van der Waals surface area contributed by atoms with Crippen LogP contribution in [-0.2, 0) is 19.6 Å². The number of halogens is 1. The summed E-state index contributed by atoms with van der Waals surface area (Å²) in [4.78, 5) is 11.3. The minimum atomic E-state index is -4.04. The highest BCUT2D eigenvalue weighted by Gasteiger charge is 2.19. The monoisotopic (exact) mass is 396 g/mol. The van der Waals surface area contributed by atoms with Gasteiger partial charge >= 0.3 is 16.1 Å². The van der Waals surface area contributed by atoms with Crippen molar-refractivity contribution in [2.45, 2.75) is 11.8 Å². The van der Waals surface area contributed by atoms with E-state index >= 15 is 0 Å². The number of carbonyl (C=O) groups is 1. The molecule has 0 atom stereocenters. The number of ether oxygens (including phenoxy) is 2. The molecule has 8 heteroatoms. The molecule has 0 aromatic heterocycles. The van der Waals surface area contributed by atoms with Crippen LogP contribution in [0.25, 0.3) is 6.08 Å². The van der Waals surface area contributed by atoms with E-state index in [0.29, 0.717) is 10.6 Å². The fourth-order valence-electron chi connectivity index (χ4n) is 1.98. The molecule has 0 heterocycles. The first-order valence-electron chi connectivity index (χ1n) is 7.58. The van der Waals surface area contributed by atoms with Crippen molar-refractivity contribution in [3.05, 3.63) is 59.1 Å². The van der Waals surface area contributed by atoms with E-state index in [4.69, 9.17) is 25.3 Å². The molecular formula is C18H17ClO6S. The molecule has 0 saturated carbocycles. The van der Waals surface area contributed by atoms with E-state index in [1.165, 1.54) is 49.6 Å². The summed E-state index contributed by atoms with van der Waals surface area (Å²) in [5, 5.41) is 0.416. The average molecular weight is 397 g/mol. The summed E-state index contributed by atoms with van der Waals surface area (Å²) in [6, 6.07) is 10.2. The average Bonchev–Trinajstić information content (AvgIpc) is 2.61. The van der Waals surface area contributed by atoms with Crippen LogP contribution in [0.15, 0.2) is 53.4 Å². The topological polar surface area (TPSA) is 78.9 Å². The van der Waals surface area contributed by atoms with Gasteiger partial charge in [0.15, 0.2) is 11.5 Å². The maximum Gasteiger partial charge on any atom is 0.339 e. The first-order valence-corrected chi connectivity index (χ1v) is 9.37. The summed E-state index contributed by atoms with van der Waals surface area (Å²) >= 11 is 5.76. The molecule has 6 nitrogen and oxygen atoms in total. The van der Waals surface area contributed by atoms with E-state index in [-0.39, 0.29) is 23.0 Å². The van der Waals surface area contributed by atoms with Crippen LogP contribution in [0.3, 0.4) is 0 Å². The zero-order valence-electron chi connectivity index (χ0n) is 14.1. The van der Waals surface area contributed by atoms with Crippen LogP contribution in [0.2, 0.25) is 5.02 Å². The number of esters is 1. The molecule has 2 aromatic rings. The predicted octanol–water partition coefficient (Wildman–Crippen LogP) is 3.69. The Morgan fingerprint density at radius 2 is 1.81 bits per heavy atom. The second kappa shape index (κ2) is 8.73. The Kier molecular flexibility index (Phi) is 6.65. The highest BCUT2D eigenvalue weighted by atomic mass is 35.5. The summed E-state index contributed by atoms with van der Waals surface area (Å²) < 4.78 is 39.8. The fraction of sp³-hybridized carbons (Fsp3) is 0.167. The molecule has 0 radical (unpaired) electrons. The van der Waals surface area contributed by atoms with Gasteiger partial charge in [0.05, 0.1) is 13.7 Å². The third kappa shape index (κ3) is 5.24. The van der Waals surface area contributed by atoms with E-state index < -0.39 is 16.1 Å². The van der Waals surface area contributed by atoms with Crippen LogP contribution < -0.4 is 8.92 Å². The van der Waals surface area contributed by atoms with Crippen LogP contribution in [0.5, 0.6) is 11.5 Å². The smallest absolute Gasteiger partial charge is 0.339 e. The van der Waals surface area contributed by atoms with E-state index in [0.717, 1.165) is 0 Å². The predicted molar refractivity (Wildman–Crippen MR) is 97.9 cm³/mol. The fourth-order valence-corrected chi connectivity index (χ4v) is 3.04. The van der Waals surface area contributed by atoms with Gasteiger partial charge in [0.1, 0.15) is 4.90 Å². The SMILES string of the molecule is CCOC(=O)/C=C/c1ccc(OS(=O)(=O)c2ccc(Cl)cc2)c(OC)c1. The van der Waals surface area contributed by atoms with Gasteiger partial charge in [-0.3, -0.25) is 0 Å². The minimum Gasteiger partial charge on any atom is -0.493 e. The van der Waals surface area contributed by atoms with E-state index in [9.17, 15) is 13.2 Å². The number of methoxy groups -OCH3 is 1. The van der Waals surface area contributed by atoms with Crippen LogP contribution in [0.1, 0.15) is 12.5 Å². The zero-order chi connectivity index (χ0) is 19.2. The van der Waals surface area contributed by atoms with Crippen LogP contribution in [-0.4, -0.2) is 28.1 Å². The molecule has 0 bridgehead atoms. The summed E-state index contributed by atoms with van der Waals surface area (Å²) in [5.41, 5.74) is 0.617. The van der Waals surface area contributed by atoms with Gasteiger partial charge in [-0.2, -0.15) is 8.42 Å². The Morgan fingerprint density at radius 1 is 1.12 bits per heavy atom. The van der Waals surface area contributed by atoms with Gasteiger partial charge in [-0.25, -0.2) is 4.79 Å². The van der Waals surface area contributed by atoms with Crippen molar-refractivity contribution in [2.75, 3.05) is 13.7 Å². The highest BCUT2D eigenvalue weighted by molar-refractivity contribution is 7.87. The first-order chi connectivity index (χ1) is 12.4. The number of hydrogen-bond acceptors (Lipinski definition) is 6. The van der Waals surface area contributed by atoms with Crippen molar-refractivity contribution in [1.82, 2.24) is 0 Å². The van der Waals surface area contributed by atoms with Crippen LogP contribution in [0, 0.1) is 0 Å². The normalized spacial score (nSPS) is 11.3. The molecule has 0 unspecified atom stereocenters. The molecule has 0 N–H and O–H groups in total. The van der Waals surface area contributed by atoms with Gasteiger partial charge in [-0.1, -0.05) is 17.7 Å². The molecular weight excluding hydrogens is 380 g/mol. The second-order valence-electron chi connectivity index (χ2n) is 4.99. The van der Waals surface area contributed by atoms with Gasteiger partial charge in [-0.15, -0.1) is 0 Å². The first kappa shape index (κ1) is 19.8. The summed E-state index contributed by atoms with van der Waals surface area (Å²) in [7, 11) is -2.65. The van der Waals surface area contributed by atoms with Crippen LogP contribution in [0.4, 0.5) is 0 Å². The molecule has 0 aliphatic heterocycles. The van der Waals surface area contributed by atoms with Gasteiger partial charge in [0.2, 0.25) is 0 Å². The molecule has 0 fully saturated rings. The van der Waals surface area contributed by atoms with Crippen molar-refractivity contribution in [3.8, 4) is 11.5 Å². The van der Waals surface area contributed by atoms with Crippen molar-refractivity contribution in [2.24, 2.45) is 0 Å². The van der Waals surface area contributed by atoms with Gasteiger partial charge in [-0.05, 0) is 55.0 Å². The maximum atomic E-state index is 12.4. The van der Waals surface area contributed by atoms with E-state index in [1.807, 2.05) is 0 Å². The van der Waals surface area contributed by atoms with Crippen molar-refractivity contribution in [3.63, 3.8) is 0 Å². The number of carbonyl (C=O) groups excluding carboxylic acids is 1. The van der Waals surface area contributed by atoms with Crippen molar-refractivity contribution in [1.29, 1.82) is 0 Å². The third-order valence-corrected chi connectivity index (χ3v) is 4.69. The van der Waals surface area contributed by atoms with Gasteiger partial charge in [0, 0.05) is 11.1 Å². The second-order valence-corrected chi connectivity index (χ2v) is 6.97. The molecule has 2 aromatic carbocycles. The molecule has 0 amide bonds. The van der Waals surface area contributed by atoms with E-state index in [2.05, 4.69) is 0 Å². The number of hydrogen-bond donors (Lipinski definition) is 0. The quantitative estimate of drug-likeness (QED) is 0.403. The lowest BCUT2D eigenvalue weighted by atomic mass is 10.2. The molecule has 0 spiro atoms. The highest BCUT2D eigenvalue weighted by Crippen LogP contribution is 2.31. The lowest BCUT2D eigenvalue weighted by Crippen LogP contribution is -2.10. The minimum absolute atomic E-state index is 0.0238. The Morgan fingerprint density at radius 3 is 2.42 bits per heavy atom. The lowest BCUT2D eigenvalue weighted by molar-refractivity contribution is -0.137. The molecule has 0 aliphatic rings. The van der Waals surface area contributed by atoms with Crippen LogP contribution >= 0.6 is 11.6 Å². The number of benzene rings is 2. The lowest BCUT2D eigenvalue weighted by Gasteiger charge is -2.11. The van der Waals surface area contributed by atoms with Crippen molar-refractivity contribution >= 4 is 33.8 Å². The Hall–Kier alpha value is -2.51. The zero-order valence-corrected chi connectivity index (χ0v) is 15.7. The molecule has 0 aliphatic carbocycles. The maximum absolute atomic E-state index is 12.4. The molecule has 26 heavy (non-hydrogen) atoms. The third-order valence-electron chi connectivity index (χ3n) is 3.19. The summed E-state index contributed by atoms with van der Waals surface area (Å²) in [6.07, 6.45) is 2.79.